The van der Waals surface area contributed by atoms with E-state index in [1.807, 2.05) is 0 Å². The fourth-order valence-electron chi connectivity index (χ4n) is 3.05. The maximum Gasteiger partial charge on any atom is -0.00114 e. The summed E-state index contributed by atoms with van der Waals surface area (Å²) in [6.07, 6.45) is 6.36. The minimum absolute atomic E-state index is 0. The summed E-state index contributed by atoms with van der Waals surface area (Å²) in [5.41, 5.74) is 0. The van der Waals surface area contributed by atoms with E-state index in [1.54, 1.807) is 0 Å². The maximum atomic E-state index is 3.49. The zero-order chi connectivity index (χ0) is 6.55. The monoisotopic (exact) mass is 171 g/mol. The van der Waals surface area contributed by atoms with Crippen LogP contribution in [0.25, 0.3) is 0 Å². The van der Waals surface area contributed by atoms with Gasteiger partial charge in [-0.1, -0.05) is 12.2 Å². The second kappa shape index (κ2) is 2.49. The highest BCUT2D eigenvalue weighted by molar-refractivity contribution is 5.85. The van der Waals surface area contributed by atoms with Crippen LogP contribution in [0.4, 0.5) is 0 Å². The first-order valence-corrected chi connectivity index (χ1v) is 4.34. The van der Waals surface area contributed by atoms with Gasteiger partial charge in [-0.3, -0.25) is 0 Å². The predicted molar refractivity (Wildman–Crippen MR) is 47.8 cm³/mol. The van der Waals surface area contributed by atoms with Crippen molar-refractivity contribution >= 4 is 12.4 Å². The Morgan fingerprint density at radius 1 is 1.00 bits per heavy atom. The standard InChI is InChI=1S/C9H13N.ClH/c1-2-7-3-6(1)8-4-10-5-9(7)8;/h1-2,6-10H,3-5H2;1H/t6?,7?,8-,9+;. The molecule has 2 bridgehead atoms. The molecular weight excluding hydrogens is 158 g/mol. The second-order valence-corrected chi connectivity index (χ2v) is 3.93. The van der Waals surface area contributed by atoms with E-state index in [0.717, 1.165) is 23.7 Å². The molecule has 0 aromatic carbocycles. The molecule has 3 rings (SSSR count). The fourth-order valence-corrected chi connectivity index (χ4v) is 3.05. The van der Waals surface area contributed by atoms with E-state index >= 15 is 0 Å². The summed E-state index contributed by atoms with van der Waals surface area (Å²) >= 11 is 0. The van der Waals surface area contributed by atoms with Gasteiger partial charge in [0.25, 0.3) is 0 Å². The maximum absolute atomic E-state index is 3.49. The summed E-state index contributed by atoms with van der Waals surface area (Å²) in [5, 5.41) is 3.49. The molecule has 2 aliphatic carbocycles. The molecule has 2 unspecified atom stereocenters. The molecule has 0 amide bonds. The molecular formula is C9H14ClN. The van der Waals surface area contributed by atoms with E-state index in [0.29, 0.717) is 0 Å². The zero-order valence-electron chi connectivity index (χ0n) is 6.49. The average Bonchev–Trinajstić information content (AvgIpc) is 2.60. The number of rotatable bonds is 0. The molecule has 11 heavy (non-hydrogen) atoms. The summed E-state index contributed by atoms with van der Waals surface area (Å²) in [5.74, 6) is 3.92. The Bertz CT molecular complexity index is 172. The van der Waals surface area contributed by atoms with Gasteiger partial charge in [0.15, 0.2) is 0 Å². The van der Waals surface area contributed by atoms with E-state index in [4.69, 9.17) is 0 Å². The normalized spacial score (nSPS) is 50.9. The fraction of sp³-hybridized carbons (Fsp3) is 0.778. The van der Waals surface area contributed by atoms with Gasteiger partial charge in [0.2, 0.25) is 0 Å². The minimum Gasteiger partial charge on any atom is -0.316 e. The van der Waals surface area contributed by atoms with Crippen LogP contribution in [0, 0.1) is 23.7 Å². The molecule has 1 heterocycles. The molecule has 1 aliphatic heterocycles. The van der Waals surface area contributed by atoms with Crippen molar-refractivity contribution in [2.45, 2.75) is 6.42 Å². The largest absolute Gasteiger partial charge is 0.316 e. The Morgan fingerprint density at radius 2 is 1.55 bits per heavy atom. The van der Waals surface area contributed by atoms with Crippen molar-refractivity contribution < 1.29 is 0 Å². The molecule has 1 nitrogen and oxygen atoms in total. The van der Waals surface area contributed by atoms with Crippen molar-refractivity contribution in [3.8, 4) is 0 Å². The van der Waals surface area contributed by atoms with Gasteiger partial charge < -0.3 is 5.32 Å². The third-order valence-corrected chi connectivity index (χ3v) is 3.56. The molecule has 0 radical (unpaired) electrons. The first-order valence-electron chi connectivity index (χ1n) is 4.34. The highest BCUT2D eigenvalue weighted by Crippen LogP contribution is 2.49. The zero-order valence-corrected chi connectivity index (χ0v) is 7.31. The van der Waals surface area contributed by atoms with E-state index in [2.05, 4.69) is 17.5 Å². The lowest BCUT2D eigenvalue weighted by molar-refractivity contribution is 0.395. The molecule has 1 N–H and O–H groups in total. The van der Waals surface area contributed by atoms with Crippen molar-refractivity contribution in [2.75, 3.05) is 13.1 Å². The summed E-state index contributed by atoms with van der Waals surface area (Å²) in [6, 6.07) is 0. The van der Waals surface area contributed by atoms with Crippen molar-refractivity contribution in [3.63, 3.8) is 0 Å². The van der Waals surface area contributed by atoms with Crippen LogP contribution in [0.5, 0.6) is 0 Å². The van der Waals surface area contributed by atoms with E-state index < -0.39 is 0 Å². The molecule has 0 aromatic rings. The van der Waals surface area contributed by atoms with Crippen LogP contribution in [0.3, 0.4) is 0 Å². The van der Waals surface area contributed by atoms with Crippen molar-refractivity contribution in [3.05, 3.63) is 12.2 Å². The second-order valence-electron chi connectivity index (χ2n) is 3.93. The molecule has 2 heteroatoms. The first kappa shape index (κ1) is 7.63. The van der Waals surface area contributed by atoms with Crippen LogP contribution < -0.4 is 5.32 Å². The number of nitrogens with one attached hydrogen (secondary N) is 1. The number of hydrogen-bond acceptors (Lipinski definition) is 1. The minimum atomic E-state index is 0. The van der Waals surface area contributed by atoms with Gasteiger partial charge in [0, 0.05) is 0 Å². The SMILES string of the molecule is C1=CC2CC1[C@H]1CNC[C@@H]21.Cl. The molecule has 0 spiro atoms. The summed E-state index contributed by atoms with van der Waals surface area (Å²) in [6.45, 7) is 2.58. The van der Waals surface area contributed by atoms with E-state index in [-0.39, 0.29) is 12.4 Å². The van der Waals surface area contributed by atoms with Crippen LogP contribution in [0.15, 0.2) is 12.2 Å². The summed E-state index contributed by atoms with van der Waals surface area (Å²) < 4.78 is 0. The highest BCUT2D eigenvalue weighted by Gasteiger charge is 2.46. The van der Waals surface area contributed by atoms with Gasteiger partial charge in [-0.05, 0) is 43.2 Å². The highest BCUT2D eigenvalue weighted by atomic mass is 35.5. The molecule has 4 atom stereocenters. The van der Waals surface area contributed by atoms with E-state index in [9.17, 15) is 0 Å². The Hall–Kier alpha value is -0.0100. The van der Waals surface area contributed by atoms with Gasteiger partial charge in [-0.2, -0.15) is 0 Å². The van der Waals surface area contributed by atoms with Gasteiger partial charge in [0.05, 0.1) is 0 Å². The van der Waals surface area contributed by atoms with Crippen molar-refractivity contribution in [1.82, 2.24) is 5.32 Å². The lowest BCUT2D eigenvalue weighted by Gasteiger charge is -2.17. The van der Waals surface area contributed by atoms with Crippen LogP contribution in [-0.2, 0) is 0 Å². The van der Waals surface area contributed by atoms with E-state index in [1.165, 1.54) is 19.5 Å². The quantitative estimate of drug-likeness (QED) is 0.544. The number of halogens is 1. The lowest BCUT2D eigenvalue weighted by Crippen LogP contribution is -2.16. The Morgan fingerprint density at radius 3 is 2.09 bits per heavy atom. The van der Waals surface area contributed by atoms with Gasteiger partial charge >= 0.3 is 0 Å². The Kier molecular flexibility index (Phi) is 1.73. The average molecular weight is 172 g/mol. The topological polar surface area (TPSA) is 12.0 Å². The smallest absolute Gasteiger partial charge is 0.00114 e. The number of fused-ring (bicyclic) bond motifs is 5. The van der Waals surface area contributed by atoms with Gasteiger partial charge in [-0.25, -0.2) is 0 Å². The van der Waals surface area contributed by atoms with Crippen LogP contribution in [0.2, 0.25) is 0 Å². The third kappa shape index (κ3) is 0.875. The predicted octanol–water partition coefficient (Wildman–Crippen LogP) is 1.45. The summed E-state index contributed by atoms with van der Waals surface area (Å²) in [7, 11) is 0. The number of allylic oxidation sites excluding steroid dienone is 2. The number of hydrogen-bond donors (Lipinski definition) is 1. The Labute approximate surface area is 73.7 Å². The molecule has 0 aromatic heterocycles. The van der Waals surface area contributed by atoms with Crippen LogP contribution in [-0.4, -0.2) is 13.1 Å². The Balaban J connectivity index is 0.000000480. The van der Waals surface area contributed by atoms with Crippen molar-refractivity contribution in [1.29, 1.82) is 0 Å². The van der Waals surface area contributed by atoms with Gasteiger partial charge in [0.1, 0.15) is 0 Å². The third-order valence-electron chi connectivity index (χ3n) is 3.56. The lowest BCUT2D eigenvalue weighted by atomic mass is 9.86. The molecule has 62 valence electrons. The first-order chi connectivity index (χ1) is 4.95. The molecule has 3 aliphatic rings. The van der Waals surface area contributed by atoms with Gasteiger partial charge in [-0.15, -0.1) is 12.4 Å². The molecule has 1 saturated carbocycles. The molecule has 2 fully saturated rings. The van der Waals surface area contributed by atoms with Crippen LogP contribution in [0.1, 0.15) is 6.42 Å². The molecule has 1 saturated heterocycles. The van der Waals surface area contributed by atoms with Crippen LogP contribution >= 0.6 is 12.4 Å². The van der Waals surface area contributed by atoms with Crippen molar-refractivity contribution in [2.24, 2.45) is 23.7 Å². The summed E-state index contributed by atoms with van der Waals surface area (Å²) in [4.78, 5) is 0.